The lowest BCUT2D eigenvalue weighted by Crippen LogP contribution is -2.10. The maximum absolute atomic E-state index is 14.5. The zero-order valence-electron chi connectivity index (χ0n) is 34.3. The monoisotopic (exact) mass is 827 g/mol. The number of hydrogen-bond acceptors (Lipinski definition) is 12. The summed E-state index contributed by atoms with van der Waals surface area (Å²) in [7, 11) is 5.63. The van der Waals surface area contributed by atoms with Gasteiger partial charge in [0.15, 0.2) is 17.6 Å². The predicted molar refractivity (Wildman–Crippen MR) is 224 cm³/mol. The number of aldehydes is 1. The number of aromatic nitrogens is 10. The van der Waals surface area contributed by atoms with Crippen molar-refractivity contribution in [1.82, 2.24) is 53.6 Å². The van der Waals surface area contributed by atoms with Crippen LogP contribution in [0.5, 0.6) is 11.5 Å². The molecule has 0 bridgehead atoms. The highest BCUT2D eigenvalue weighted by Crippen LogP contribution is 2.33. The summed E-state index contributed by atoms with van der Waals surface area (Å²) in [5, 5.41) is 18.5. The largest absolute Gasteiger partial charge is 0.493 e. The van der Waals surface area contributed by atoms with Gasteiger partial charge in [-0.3, -0.25) is 23.0 Å². The van der Waals surface area contributed by atoms with Crippen molar-refractivity contribution in [2.24, 2.45) is 14.1 Å². The highest BCUT2D eigenvalue weighted by Gasteiger charge is 2.23. The highest BCUT2D eigenvalue weighted by molar-refractivity contribution is 5.81. The van der Waals surface area contributed by atoms with Crippen molar-refractivity contribution in [3.63, 3.8) is 0 Å². The van der Waals surface area contributed by atoms with E-state index < -0.39 is 0 Å². The molecule has 0 radical (unpaired) electrons. The molecule has 8 heterocycles. The SMILES string of the molecule is CNCc1cn2c(NCc3c(F)ccc4c3CCO4)ncc(-c3cc(C)nn3C)c2n1.Cc1cc(-c2cnc(NCc3c(F)ccc4c3CCO4)n3cc(C=O)nc23)n(C)n1. The number of nitrogens with one attached hydrogen (secondary N) is 3. The van der Waals surface area contributed by atoms with E-state index >= 15 is 0 Å². The van der Waals surface area contributed by atoms with Gasteiger partial charge in [0, 0.05) is 93.6 Å². The summed E-state index contributed by atoms with van der Waals surface area (Å²) in [6.07, 6.45) is 9.11. The molecular weight excluding hydrogens is 785 g/mol. The van der Waals surface area contributed by atoms with E-state index in [9.17, 15) is 13.6 Å². The average molecular weight is 828 g/mol. The first kappa shape index (κ1) is 39.3. The van der Waals surface area contributed by atoms with Crippen LogP contribution in [-0.4, -0.2) is 74.8 Å². The van der Waals surface area contributed by atoms with E-state index in [1.54, 1.807) is 39.8 Å². The molecule has 2 aliphatic heterocycles. The first-order chi connectivity index (χ1) is 29.6. The molecule has 0 fully saturated rings. The van der Waals surface area contributed by atoms with E-state index in [2.05, 4.69) is 41.1 Å². The molecule has 312 valence electrons. The van der Waals surface area contributed by atoms with Crippen molar-refractivity contribution in [3.8, 4) is 34.0 Å². The average Bonchev–Trinajstić information content (AvgIpc) is 4.11. The first-order valence-corrected chi connectivity index (χ1v) is 19.8. The third kappa shape index (κ3) is 7.39. The van der Waals surface area contributed by atoms with Gasteiger partial charge in [-0.1, -0.05) is 0 Å². The lowest BCUT2D eigenvalue weighted by molar-refractivity contribution is 0.111. The third-order valence-electron chi connectivity index (χ3n) is 10.8. The quantitative estimate of drug-likeness (QED) is 0.135. The number of rotatable bonds is 11. The van der Waals surface area contributed by atoms with Crippen LogP contribution in [0.25, 0.3) is 33.8 Å². The van der Waals surface area contributed by atoms with E-state index in [1.807, 2.05) is 62.4 Å². The van der Waals surface area contributed by atoms with Crippen molar-refractivity contribution in [3.05, 3.63) is 118 Å². The number of ether oxygens (including phenoxy) is 2. The fourth-order valence-electron chi connectivity index (χ4n) is 8.04. The molecule has 0 atom stereocenters. The van der Waals surface area contributed by atoms with Crippen LogP contribution in [-0.2, 0) is 46.6 Å². The number of anilines is 2. The first-order valence-electron chi connectivity index (χ1n) is 19.8. The maximum Gasteiger partial charge on any atom is 0.208 e. The van der Waals surface area contributed by atoms with Crippen LogP contribution in [0, 0.1) is 25.5 Å². The minimum atomic E-state index is -0.288. The van der Waals surface area contributed by atoms with E-state index in [0.29, 0.717) is 74.1 Å². The summed E-state index contributed by atoms with van der Waals surface area (Å²) in [5.74, 6) is 2.02. The number of benzene rings is 2. The van der Waals surface area contributed by atoms with Gasteiger partial charge in [0.25, 0.3) is 0 Å². The molecule has 0 saturated heterocycles. The molecule has 2 aliphatic rings. The van der Waals surface area contributed by atoms with Crippen LogP contribution in [0.4, 0.5) is 20.7 Å². The van der Waals surface area contributed by atoms with Gasteiger partial charge >= 0.3 is 0 Å². The van der Waals surface area contributed by atoms with Crippen LogP contribution < -0.4 is 25.4 Å². The minimum absolute atomic E-state index is 0.235. The molecule has 2 aromatic carbocycles. The second-order valence-corrected chi connectivity index (χ2v) is 14.9. The fraction of sp³-hybridized carbons (Fsp3) is 0.279. The van der Waals surface area contributed by atoms with Crippen LogP contribution in [0.3, 0.4) is 0 Å². The second kappa shape index (κ2) is 16.1. The van der Waals surface area contributed by atoms with Crippen LogP contribution in [0.1, 0.15) is 49.8 Å². The summed E-state index contributed by atoms with van der Waals surface area (Å²) >= 11 is 0. The normalized spacial score (nSPS) is 12.8. The van der Waals surface area contributed by atoms with E-state index in [0.717, 1.165) is 67.9 Å². The number of imidazole rings is 2. The fourth-order valence-corrected chi connectivity index (χ4v) is 8.04. The van der Waals surface area contributed by atoms with E-state index in [4.69, 9.17) is 14.5 Å². The number of hydrogen-bond donors (Lipinski definition) is 3. The Morgan fingerprint density at radius 3 is 1.70 bits per heavy atom. The zero-order valence-corrected chi connectivity index (χ0v) is 34.3. The molecule has 61 heavy (non-hydrogen) atoms. The standard InChI is InChI=1S/C22H24FN7O.C21H19FN6O2/c1-13-8-19(29(3)28-13)17-11-26-22(30-12-14(9-24-2)27-21(17)30)25-10-16-15-6-7-31-20(15)5-4-18(16)23;1-12-7-18(27(2)26-12)16-9-24-21(28-10-13(11-29)25-20(16)28)23-8-15-14-5-6-30-19(14)4-3-17(15)22/h4-5,8,11-12,24H,6-7,9-10H2,1-3H3,(H,25,26);3-4,7,9-11H,5-6,8H2,1-2H3,(H,23,24). The van der Waals surface area contributed by atoms with Gasteiger partial charge < -0.3 is 25.4 Å². The summed E-state index contributed by atoms with van der Waals surface area (Å²) in [6.45, 7) is 6.17. The van der Waals surface area contributed by atoms with Crippen molar-refractivity contribution in [2.75, 3.05) is 30.9 Å². The Labute approximate surface area is 348 Å². The minimum Gasteiger partial charge on any atom is -0.493 e. The molecule has 16 nitrogen and oxygen atoms in total. The van der Waals surface area contributed by atoms with Gasteiger partial charge in [0.2, 0.25) is 11.9 Å². The Kier molecular flexibility index (Phi) is 10.4. The Balaban J connectivity index is 0.000000156. The molecule has 6 aromatic heterocycles. The second-order valence-electron chi connectivity index (χ2n) is 14.9. The van der Waals surface area contributed by atoms with Gasteiger partial charge in [-0.15, -0.1) is 0 Å². The van der Waals surface area contributed by atoms with Crippen LogP contribution in [0.15, 0.2) is 61.2 Å². The lowest BCUT2D eigenvalue weighted by atomic mass is 10.0. The van der Waals surface area contributed by atoms with E-state index in [1.165, 1.54) is 12.1 Å². The molecule has 0 amide bonds. The molecule has 0 unspecified atom stereocenters. The summed E-state index contributed by atoms with van der Waals surface area (Å²) < 4.78 is 47.3. The molecule has 3 N–H and O–H groups in total. The van der Waals surface area contributed by atoms with Crippen molar-refractivity contribution < 1.29 is 23.0 Å². The van der Waals surface area contributed by atoms with Gasteiger partial charge in [-0.05, 0) is 57.3 Å². The van der Waals surface area contributed by atoms with Crippen LogP contribution >= 0.6 is 0 Å². The Morgan fingerprint density at radius 1 is 0.721 bits per heavy atom. The van der Waals surface area contributed by atoms with Crippen molar-refractivity contribution in [1.29, 1.82) is 0 Å². The molecule has 8 aromatic rings. The molecular formula is C43H43F2N13O3. The maximum atomic E-state index is 14.5. The Hall–Kier alpha value is -7.21. The number of carbonyl (C=O) groups is 1. The van der Waals surface area contributed by atoms with Crippen molar-refractivity contribution >= 4 is 29.5 Å². The number of aryl methyl sites for hydroxylation is 4. The topological polar surface area (TPSA) is 168 Å². The molecule has 0 spiro atoms. The van der Waals surface area contributed by atoms with Gasteiger partial charge in [0.05, 0.1) is 52.8 Å². The van der Waals surface area contributed by atoms with E-state index in [-0.39, 0.29) is 23.9 Å². The summed E-state index contributed by atoms with van der Waals surface area (Å²) in [5.41, 5.74) is 10.7. The predicted octanol–water partition coefficient (Wildman–Crippen LogP) is 5.78. The van der Waals surface area contributed by atoms with Gasteiger partial charge in [-0.2, -0.15) is 10.2 Å². The summed E-state index contributed by atoms with van der Waals surface area (Å²) in [6, 6.07) is 10.2. The van der Waals surface area contributed by atoms with Crippen LogP contribution in [0.2, 0.25) is 0 Å². The number of halogens is 2. The van der Waals surface area contributed by atoms with Crippen molar-refractivity contribution in [2.45, 2.75) is 46.3 Å². The molecule has 18 heteroatoms. The Bertz CT molecular complexity index is 2970. The Morgan fingerprint density at radius 2 is 1.23 bits per heavy atom. The number of carbonyl (C=O) groups excluding carboxylic acids is 1. The molecule has 10 rings (SSSR count). The summed E-state index contributed by atoms with van der Waals surface area (Å²) in [4.78, 5) is 29.8. The molecule has 0 saturated carbocycles. The van der Waals surface area contributed by atoms with Gasteiger partial charge in [0.1, 0.15) is 28.8 Å². The lowest BCUT2D eigenvalue weighted by Gasteiger charge is -2.13. The smallest absolute Gasteiger partial charge is 0.208 e. The number of nitrogens with zero attached hydrogens (tertiary/aromatic N) is 10. The molecule has 0 aliphatic carbocycles. The third-order valence-corrected chi connectivity index (χ3v) is 10.8. The highest BCUT2D eigenvalue weighted by atomic mass is 19.1. The zero-order chi connectivity index (χ0) is 42.4. The number of fused-ring (bicyclic) bond motifs is 4. The van der Waals surface area contributed by atoms with Gasteiger partial charge in [-0.25, -0.2) is 28.7 Å².